The Morgan fingerprint density at radius 2 is 1.88 bits per heavy atom. The maximum Gasteiger partial charge on any atom is 0.416 e. The van der Waals surface area contributed by atoms with E-state index < -0.39 is 26.7 Å². The number of halogens is 4. The second-order valence-electron chi connectivity index (χ2n) is 5.20. The number of hydrogen-bond acceptors (Lipinski definition) is 4. The van der Waals surface area contributed by atoms with Crippen LogP contribution in [-0.4, -0.2) is 23.0 Å². The SMILES string of the molecule is Cc1ccn2c(NS(=O)(=O)c3cc(C(F)(F)F)ccc3Cl)nnc2c1. The first-order chi connectivity index (χ1) is 11.6. The Balaban J connectivity index is 2.05. The monoisotopic (exact) mass is 390 g/mol. The number of nitrogens with one attached hydrogen (secondary N) is 1. The minimum atomic E-state index is -4.70. The van der Waals surface area contributed by atoms with Gasteiger partial charge in [-0.05, 0) is 42.8 Å². The Kier molecular flexibility index (Phi) is 4.12. The van der Waals surface area contributed by atoms with Gasteiger partial charge in [-0.25, -0.2) is 13.1 Å². The quantitative estimate of drug-likeness (QED) is 0.742. The van der Waals surface area contributed by atoms with Gasteiger partial charge in [-0.2, -0.15) is 13.2 Å². The Morgan fingerprint density at radius 1 is 1.16 bits per heavy atom. The van der Waals surface area contributed by atoms with Crippen LogP contribution in [0.15, 0.2) is 41.4 Å². The summed E-state index contributed by atoms with van der Waals surface area (Å²) in [5.74, 6) is -0.163. The van der Waals surface area contributed by atoms with Crippen molar-refractivity contribution in [2.45, 2.75) is 18.0 Å². The molecule has 132 valence electrons. The van der Waals surface area contributed by atoms with Crippen molar-refractivity contribution in [3.63, 3.8) is 0 Å². The summed E-state index contributed by atoms with van der Waals surface area (Å²) in [6, 6.07) is 5.42. The lowest BCUT2D eigenvalue weighted by atomic mass is 10.2. The van der Waals surface area contributed by atoms with Crippen LogP contribution >= 0.6 is 11.6 Å². The minimum Gasteiger partial charge on any atom is -0.268 e. The summed E-state index contributed by atoms with van der Waals surface area (Å²) in [4.78, 5) is -0.701. The first-order valence-electron chi connectivity index (χ1n) is 6.79. The van der Waals surface area contributed by atoms with E-state index in [0.717, 1.165) is 11.6 Å². The fourth-order valence-electron chi connectivity index (χ4n) is 2.12. The van der Waals surface area contributed by atoms with Gasteiger partial charge < -0.3 is 0 Å². The van der Waals surface area contributed by atoms with Crippen LogP contribution in [0.3, 0.4) is 0 Å². The highest BCUT2D eigenvalue weighted by Crippen LogP contribution is 2.33. The Labute approximate surface area is 145 Å². The van der Waals surface area contributed by atoms with E-state index in [9.17, 15) is 21.6 Å². The van der Waals surface area contributed by atoms with E-state index in [1.807, 2.05) is 6.92 Å². The normalized spacial score (nSPS) is 12.5. The molecular formula is C14H10ClF3N4O2S. The average Bonchev–Trinajstić information content (AvgIpc) is 2.87. The predicted octanol–water partition coefficient (Wildman–Crippen LogP) is 3.51. The van der Waals surface area contributed by atoms with Crippen molar-refractivity contribution >= 4 is 33.2 Å². The van der Waals surface area contributed by atoms with Crippen molar-refractivity contribution in [1.82, 2.24) is 14.6 Å². The lowest BCUT2D eigenvalue weighted by molar-refractivity contribution is -0.137. The van der Waals surface area contributed by atoms with Crippen molar-refractivity contribution in [2.75, 3.05) is 4.72 Å². The molecule has 0 atom stereocenters. The number of aryl methyl sites for hydroxylation is 1. The zero-order valence-electron chi connectivity index (χ0n) is 12.5. The average molecular weight is 391 g/mol. The number of pyridine rings is 1. The van der Waals surface area contributed by atoms with Crippen LogP contribution in [-0.2, 0) is 16.2 Å². The third-order valence-electron chi connectivity index (χ3n) is 3.34. The van der Waals surface area contributed by atoms with E-state index in [2.05, 4.69) is 14.9 Å². The number of nitrogens with zero attached hydrogens (tertiary/aromatic N) is 3. The molecule has 0 radical (unpaired) electrons. The van der Waals surface area contributed by atoms with Gasteiger partial charge in [0.1, 0.15) is 4.90 Å². The number of anilines is 1. The highest BCUT2D eigenvalue weighted by Gasteiger charge is 2.33. The summed E-state index contributed by atoms with van der Waals surface area (Å²) in [7, 11) is -4.40. The molecule has 3 aromatic rings. The number of aromatic nitrogens is 3. The molecule has 0 bridgehead atoms. The summed E-state index contributed by atoms with van der Waals surface area (Å²) in [5, 5.41) is 7.17. The predicted molar refractivity (Wildman–Crippen MR) is 85.0 cm³/mol. The molecular weight excluding hydrogens is 381 g/mol. The number of rotatable bonds is 3. The Hall–Kier alpha value is -2.33. The van der Waals surface area contributed by atoms with Gasteiger partial charge in [0.25, 0.3) is 10.0 Å². The van der Waals surface area contributed by atoms with Crippen molar-refractivity contribution in [1.29, 1.82) is 0 Å². The van der Waals surface area contributed by atoms with E-state index in [1.54, 1.807) is 12.1 Å². The molecule has 0 unspecified atom stereocenters. The molecule has 1 N–H and O–H groups in total. The first kappa shape index (κ1) is 17.5. The molecule has 0 aliphatic rings. The molecule has 0 amide bonds. The van der Waals surface area contributed by atoms with Crippen LogP contribution in [0.5, 0.6) is 0 Å². The molecule has 6 nitrogen and oxygen atoms in total. The second-order valence-corrected chi connectivity index (χ2v) is 7.26. The molecule has 0 spiro atoms. The van der Waals surface area contributed by atoms with Crippen molar-refractivity contribution < 1.29 is 21.6 Å². The lowest BCUT2D eigenvalue weighted by Gasteiger charge is -2.11. The van der Waals surface area contributed by atoms with Gasteiger partial charge in [-0.15, -0.1) is 10.2 Å². The number of alkyl halides is 3. The van der Waals surface area contributed by atoms with Crippen LogP contribution in [0, 0.1) is 6.92 Å². The molecule has 2 heterocycles. The number of hydrogen-bond donors (Lipinski definition) is 1. The van der Waals surface area contributed by atoms with E-state index in [-0.39, 0.29) is 11.0 Å². The Morgan fingerprint density at radius 3 is 2.56 bits per heavy atom. The van der Waals surface area contributed by atoms with Crippen LogP contribution in [0.25, 0.3) is 5.65 Å². The maximum atomic E-state index is 12.8. The molecule has 3 rings (SSSR count). The van der Waals surface area contributed by atoms with Crippen LogP contribution in [0.2, 0.25) is 5.02 Å². The van der Waals surface area contributed by atoms with Crippen LogP contribution in [0.1, 0.15) is 11.1 Å². The van der Waals surface area contributed by atoms with Gasteiger partial charge in [0.2, 0.25) is 5.95 Å². The molecule has 0 aliphatic carbocycles. The summed E-state index contributed by atoms with van der Waals surface area (Å²) in [5.41, 5.74) is 0.141. The topological polar surface area (TPSA) is 76.4 Å². The summed E-state index contributed by atoms with van der Waals surface area (Å²) >= 11 is 5.78. The van der Waals surface area contributed by atoms with Gasteiger partial charge in [0.05, 0.1) is 10.6 Å². The smallest absolute Gasteiger partial charge is 0.268 e. The zero-order chi connectivity index (χ0) is 18.4. The maximum absolute atomic E-state index is 12.8. The molecule has 2 aromatic heterocycles. The van der Waals surface area contributed by atoms with Crippen molar-refractivity contribution in [3.05, 3.63) is 52.7 Å². The van der Waals surface area contributed by atoms with Gasteiger partial charge in [0.15, 0.2) is 5.65 Å². The molecule has 11 heteroatoms. The number of fused-ring (bicyclic) bond motifs is 1. The summed E-state index contributed by atoms with van der Waals surface area (Å²) in [6.45, 7) is 1.82. The van der Waals surface area contributed by atoms with E-state index in [4.69, 9.17) is 11.6 Å². The van der Waals surface area contributed by atoms with E-state index in [1.165, 1.54) is 10.6 Å². The number of sulfonamides is 1. The lowest BCUT2D eigenvalue weighted by Crippen LogP contribution is -2.17. The fourth-order valence-corrected chi connectivity index (χ4v) is 3.64. The van der Waals surface area contributed by atoms with Gasteiger partial charge in [0, 0.05) is 6.20 Å². The molecule has 0 aliphatic heterocycles. The third kappa shape index (κ3) is 3.40. The van der Waals surface area contributed by atoms with Gasteiger partial charge in [-0.3, -0.25) is 4.40 Å². The van der Waals surface area contributed by atoms with Gasteiger partial charge >= 0.3 is 6.18 Å². The Bertz CT molecular complexity index is 1060. The standard InChI is InChI=1S/C14H10ClF3N4O2S/c1-8-4-5-22-12(6-8)19-20-13(22)21-25(23,24)11-7-9(14(16,17)18)2-3-10(11)15/h2-7H,1H3,(H,20,21). The highest BCUT2D eigenvalue weighted by molar-refractivity contribution is 7.92. The van der Waals surface area contributed by atoms with Gasteiger partial charge in [-0.1, -0.05) is 11.6 Å². The molecule has 0 saturated heterocycles. The molecule has 0 saturated carbocycles. The van der Waals surface area contributed by atoms with E-state index >= 15 is 0 Å². The number of benzene rings is 1. The van der Waals surface area contributed by atoms with Crippen molar-refractivity contribution in [3.8, 4) is 0 Å². The fraction of sp³-hybridized carbons (Fsp3) is 0.143. The van der Waals surface area contributed by atoms with Crippen molar-refractivity contribution in [2.24, 2.45) is 0 Å². The third-order valence-corrected chi connectivity index (χ3v) is 5.15. The first-order valence-corrected chi connectivity index (χ1v) is 8.65. The summed E-state index contributed by atoms with van der Waals surface area (Å²) < 4.78 is 66.9. The largest absolute Gasteiger partial charge is 0.416 e. The van der Waals surface area contributed by atoms with E-state index in [0.29, 0.717) is 17.8 Å². The molecule has 1 aromatic carbocycles. The molecule has 25 heavy (non-hydrogen) atoms. The minimum absolute atomic E-state index is 0.163. The van der Waals surface area contributed by atoms with Crippen LogP contribution in [0.4, 0.5) is 19.1 Å². The summed E-state index contributed by atoms with van der Waals surface area (Å²) in [6.07, 6.45) is -3.16. The molecule has 0 fully saturated rings. The second kappa shape index (κ2) is 5.88. The highest BCUT2D eigenvalue weighted by atomic mass is 35.5. The zero-order valence-corrected chi connectivity index (χ0v) is 14.1. The van der Waals surface area contributed by atoms with Crippen LogP contribution < -0.4 is 4.72 Å².